The molecule has 9 heteroatoms. The van der Waals surface area contributed by atoms with Crippen molar-refractivity contribution in [3.8, 4) is 5.69 Å². The van der Waals surface area contributed by atoms with Gasteiger partial charge in [-0.25, -0.2) is 9.48 Å². The summed E-state index contributed by atoms with van der Waals surface area (Å²) in [5.41, 5.74) is 2.10. The first kappa shape index (κ1) is 21.2. The monoisotopic (exact) mass is 471 g/mol. The summed E-state index contributed by atoms with van der Waals surface area (Å²) >= 11 is 14.0. The van der Waals surface area contributed by atoms with Crippen LogP contribution in [0, 0.1) is 0 Å². The third-order valence-corrected chi connectivity index (χ3v) is 6.60. The highest BCUT2D eigenvalue weighted by atomic mass is 35.5. The molecule has 0 atom stereocenters. The van der Waals surface area contributed by atoms with Crippen LogP contribution in [-0.2, 0) is 0 Å². The molecule has 0 saturated carbocycles. The number of carbonyl (C=O) groups excluding carboxylic acids is 1. The van der Waals surface area contributed by atoms with Crippen molar-refractivity contribution >= 4 is 57.7 Å². The summed E-state index contributed by atoms with van der Waals surface area (Å²) in [4.78, 5) is 24.0. The largest absolute Gasteiger partial charge is 0.478 e. The Morgan fingerprint density at radius 3 is 2.26 bits per heavy atom. The van der Waals surface area contributed by atoms with Crippen molar-refractivity contribution in [2.24, 2.45) is 0 Å². The molecule has 31 heavy (non-hydrogen) atoms. The third-order valence-electron chi connectivity index (χ3n) is 4.61. The van der Waals surface area contributed by atoms with Crippen molar-refractivity contribution in [3.63, 3.8) is 0 Å². The molecule has 6 nitrogen and oxygen atoms in total. The first-order valence-corrected chi connectivity index (χ1v) is 10.7. The lowest BCUT2D eigenvalue weighted by Crippen LogP contribution is -2.17. The average Bonchev–Trinajstić information content (AvgIpc) is 3.13. The van der Waals surface area contributed by atoms with E-state index in [-0.39, 0.29) is 11.5 Å². The van der Waals surface area contributed by atoms with Gasteiger partial charge in [-0.05, 0) is 54.6 Å². The molecule has 0 aliphatic rings. The van der Waals surface area contributed by atoms with Gasteiger partial charge < -0.3 is 10.4 Å². The second kappa shape index (κ2) is 8.63. The number of carbonyl (C=O) groups is 2. The molecule has 1 heterocycles. The van der Waals surface area contributed by atoms with E-state index in [0.29, 0.717) is 31.2 Å². The fourth-order valence-corrected chi connectivity index (χ4v) is 4.62. The standard InChI is InChI=1S/C22H15Cl2N3O3S/c1-25-20(28)13-7-10-18-15(11-13)21(31-19-16(23)3-2-4-17(19)24)26-27(18)14-8-5-12(6-9-14)22(29)30/h2-11H,1H3,(H,25,28)(H,29,30). The van der Waals surface area contributed by atoms with Crippen LogP contribution in [0.4, 0.5) is 0 Å². The molecular formula is C22H15Cl2N3O3S. The Bertz CT molecular complexity index is 1300. The molecule has 0 fully saturated rings. The van der Waals surface area contributed by atoms with Crippen molar-refractivity contribution in [1.29, 1.82) is 0 Å². The minimum Gasteiger partial charge on any atom is -0.478 e. The van der Waals surface area contributed by atoms with Gasteiger partial charge in [-0.1, -0.05) is 41.0 Å². The van der Waals surface area contributed by atoms with E-state index < -0.39 is 5.97 Å². The fourth-order valence-electron chi connectivity index (χ4n) is 3.07. The lowest BCUT2D eigenvalue weighted by atomic mass is 10.1. The second-order valence-corrected chi connectivity index (χ2v) is 8.35. The lowest BCUT2D eigenvalue weighted by Gasteiger charge is -2.05. The first-order valence-electron chi connectivity index (χ1n) is 9.09. The Balaban J connectivity index is 1.89. The topological polar surface area (TPSA) is 84.2 Å². The summed E-state index contributed by atoms with van der Waals surface area (Å²) in [5.74, 6) is -1.22. The van der Waals surface area contributed by atoms with Crippen LogP contribution in [0.25, 0.3) is 16.6 Å². The van der Waals surface area contributed by atoms with E-state index in [1.807, 2.05) is 0 Å². The summed E-state index contributed by atoms with van der Waals surface area (Å²) in [7, 11) is 1.57. The predicted octanol–water partition coefficient (Wildman–Crippen LogP) is 5.54. The van der Waals surface area contributed by atoms with Crippen LogP contribution in [0.15, 0.2) is 70.6 Å². The van der Waals surface area contributed by atoms with E-state index in [1.54, 1.807) is 60.3 Å². The van der Waals surface area contributed by atoms with E-state index in [9.17, 15) is 9.59 Å². The van der Waals surface area contributed by atoms with E-state index in [4.69, 9.17) is 33.4 Å². The Labute approximate surface area is 191 Å². The molecule has 1 amide bonds. The van der Waals surface area contributed by atoms with Crippen molar-refractivity contribution in [3.05, 3.63) is 81.8 Å². The smallest absolute Gasteiger partial charge is 0.335 e. The number of hydrogen-bond donors (Lipinski definition) is 2. The number of benzene rings is 3. The Morgan fingerprint density at radius 1 is 1.00 bits per heavy atom. The SMILES string of the molecule is CNC(=O)c1ccc2c(c1)c(Sc1c(Cl)cccc1Cl)nn2-c1ccc(C(=O)O)cc1. The Morgan fingerprint density at radius 2 is 1.65 bits per heavy atom. The number of rotatable bonds is 5. The van der Waals surface area contributed by atoms with E-state index in [2.05, 4.69) is 5.32 Å². The van der Waals surface area contributed by atoms with Crippen molar-refractivity contribution in [2.45, 2.75) is 9.92 Å². The van der Waals surface area contributed by atoms with E-state index in [1.165, 1.54) is 23.9 Å². The number of halogens is 2. The van der Waals surface area contributed by atoms with Gasteiger partial charge in [0.25, 0.3) is 5.91 Å². The van der Waals surface area contributed by atoms with Gasteiger partial charge in [-0.3, -0.25) is 4.79 Å². The van der Waals surface area contributed by atoms with Crippen LogP contribution in [-0.4, -0.2) is 33.8 Å². The highest BCUT2D eigenvalue weighted by Crippen LogP contribution is 2.41. The minimum absolute atomic E-state index is 0.180. The van der Waals surface area contributed by atoms with Gasteiger partial charge in [-0.2, -0.15) is 5.10 Å². The number of nitrogens with one attached hydrogen (secondary N) is 1. The van der Waals surface area contributed by atoms with E-state index >= 15 is 0 Å². The van der Waals surface area contributed by atoms with Gasteiger partial charge in [0, 0.05) is 18.0 Å². The van der Waals surface area contributed by atoms with Gasteiger partial charge in [-0.15, -0.1) is 0 Å². The van der Waals surface area contributed by atoms with Crippen molar-refractivity contribution < 1.29 is 14.7 Å². The molecule has 0 aliphatic carbocycles. The number of nitrogens with zero attached hydrogens (tertiary/aromatic N) is 2. The summed E-state index contributed by atoms with van der Waals surface area (Å²) in [6.07, 6.45) is 0. The Kier molecular flexibility index (Phi) is 5.91. The van der Waals surface area contributed by atoms with Gasteiger partial charge in [0.1, 0.15) is 5.03 Å². The molecule has 156 valence electrons. The molecular weight excluding hydrogens is 457 g/mol. The number of aromatic nitrogens is 2. The number of carboxylic acids is 1. The number of fused-ring (bicyclic) bond motifs is 1. The zero-order valence-electron chi connectivity index (χ0n) is 16.1. The second-order valence-electron chi connectivity index (χ2n) is 6.53. The van der Waals surface area contributed by atoms with Gasteiger partial charge in [0.15, 0.2) is 0 Å². The van der Waals surface area contributed by atoms with Crippen LogP contribution in [0.2, 0.25) is 10.0 Å². The molecule has 0 aliphatic heterocycles. The molecule has 2 N–H and O–H groups in total. The number of amides is 1. The highest BCUT2D eigenvalue weighted by Gasteiger charge is 2.18. The molecule has 1 aromatic heterocycles. The number of hydrogen-bond acceptors (Lipinski definition) is 4. The quantitative estimate of drug-likeness (QED) is 0.399. The average molecular weight is 472 g/mol. The maximum Gasteiger partial charge on any atom is 0.335 e. The summed E-state index contributed by atoms with van der Waals surface area (Å²) < 4.78 is 1.70. The van der Waals surface area contributed by atoms with Gasteiger partial charge >= 0.3 is 5.97 Å². The van der Waals surface area contributed by atoms with Crippen LogP contribution in [0.5, 0.6) is 0 Å². The predicted molar refractivity (Wildman–Crippen MR) is 122 cm³/mol. The lowest BCUT2D eigenvalue weighted by molar-refractivity contribution is 0.0696. The number of carboxylic acid groups (broad SMARTS) is 1. The van der Waals surface area contributed by atoms with Crippen molar-refractivity contribution in [1.82, 2.24) is 15.1 Å². The molecule has 0 bridgehead atoms. The minimum atomic E-state index is -1.00. The summed E-state index contributed by atoms with van der Waals surface area (Å²) in [6.45, 7) is 0. The van der Waals surface area contributed by atoms with Crippen molar-refractivity contribution in [2.75, 3.05) is 7.05 Å². The zero-order valence-corrected chi connectivity index (χ0v) is 18.4. The maximum atomic E-state index is 12.2. The molecule has 0 saturated heterocycles. The van der Waals surface area contributed by atoms with E-state index in [0.717, 1.165) is 10.9 Å². The number of aromatic carboxylic acids is 1. The zero-order chi connectivity index (χ0) is 22.1. The maximum absolute atomic E-state index is 12.2. The highest BCUT2D eigenvalue weighted by molar-refractivity contribution is 7.99. The first-order chi connectivity index (χ1) is 14.9. The van der Waals surface area contributed by atoms with Crippen LogP contribution >= 0.6 is 35.0 Å². The molecule has 4 aromatic rings. The third kappa shape index (κ3) is 4.12. The van der Waals surface area contributed by atoms with Gasteiger partial charge in [0.2, 0.25) is 0 Å². The van der Waals surface area contributed by atoms with Crippen LogP contribution < -0.4 is 5.32 Å². The van der Waals surface area contributed by atoms with Crippen LogP contribution in [0.3, 0.4) is 0 Å². The van der Waals surface area contributed by atoms with Crippen LogP contribution in [0.1, 0.15) is 20.7 Å². The molecule has 4 rings (SSSR count). The Hall–Kier alpha value is -3.00. The van der Waals surface area contributed by atoms with Gasteiger partial charge in [0.05, 0.1) is 31.7 Å². The fraction of sp³-hybridized carbons (Fsp3) is 0.0455. The molecule has 0 spiro atoms. The molecule has 3 aromatic carbocycles. The normalized spacial score (nSPS) is 10.9. The molecule has 0 radical (unpaired) electrons. The molecule has 0 unspecified atom stereocenters. The summed E-state index contributed by atoms with van der Waals surface area (Å²) in [6, 6.07) is 16.9. The summed E-state index contributed by atoms with van der Waals surface area (Å²) in [5, 5.41) is 18.8.